The summed E-state index contributed by atoms with van der Waals surface area (Å²) in [4.78, 5) is 0. The van der Waals surface area contributed by atoms with E-state index in [1.54, 1.807) is 0 Å². The van der Waals surface area contributed by atoms with E-state index < -0.39 is 0 Å². The largest absolute Gasteiger partial charge is 0.366 e. The number of hydrogen-bond donors (Lipinski definition) is 0. The Kier molecular flexibility index (Phi) is 2.46. The zero-order valence-electron chi connectivity index (χ0n) is 10.4. The van der Waals surface area contributed by atoms with Gasteiger partial charge in [-0.3, -0.25) is 0 Å². The average molecular weight is 336 g/mol. The van der Waals surface area contributed by atoms with Gasteiger partial charge in [-0.25, -0.2) is 0 Å². The lowest BCUT2D eigenvalue weighted by atomic mass is 9.68. The van der Waals surface area contributed by atoms with E-state index in [0.717, 1.165) is 6.42 Å². The molecule has 2 heterocycles. The summed E-state index contributed by atoms with van der Waals surface area (Å²) in [5.41, 5.74) is 0.0107. The molecule has 1 aliphatic carbocycles. The maximum absolute atomic E-state index is 6.54. The van der Waals surface area contributed by atoms with Crippen LogP contribution in [0.4, 0.5) is 0 Å². The highest BCUT2D eigenvalue weighted by molar-refractivity contribution is 14.1. The molecule has 3 aliphatic rings. The van der Waals surface area contributed by atoms with E-state index >= 15 is 0 Å². The second-order valence-electron chi connectivity index (χ2n) is 6.20. The molecule has 2 aliphatic heterocycles. The summed E-state index contributed by atoms with van der Waals surface area (Å²) in [5, 5.41) is 0. The Balaban J connectivity index is 1.98. The summed E-state index contributed by atoms with van der Waals surface area (Å²) in [7, 11) is 0. The third-order valence-corrected chi connectivity index (χ3v) is 6.72. The van der Waals surface area contributed by atoms with Crippen LogP contribution in [0.2, 0.25) is 0 Å². The average Bonchev–Trinajstić information content (AvgIpc) is 2.99. The summed E-state index contributed by atoms with van der Waals surface area (Å²) in [6.45, 7) is 6.72. The van der Waals surface area contributed by atoms with Crippen molar-refractivity contribution >= 4 is 22.6 Å². The molecule has 0 aromatic heterocycles. The molecule has 0 aromatic carbocycles. The van der Waals surface area contributed by atoms with E-state index in [1.807, 2.05) is 0 Å². The molecule has 92 valence electrons. The summed E-state index contributed by atoms with van der Waals surface area (Å²) in [5.74, 6) is 0. The Labute approximate surface area is 112 Å². The van der Waals surface area contributed by atoms with Gasteiger partial charge in [-0.15, -0.1) is 0 Å². The number of rotatable bonds is 1. The van der Waals surface area contributed by atoms with Crippen LogP contribution in [0.3, 0.4) is 0 Å². The van der Waals surface area contributed by atoms with Crippen LogP contribution in [0, 0.1) is 0 Å². The van der Waals surface area contributed by atoms with Gasteiger partial charge in [-0.1, -0.05) is 29.5 Å². The van der Waals surface area contributed by atoms with Crippen molar-refractivity contribution in [2.45, 2.75) is 79.7 Å². The number of halogens is 1. The van der Waals surface area contributed by atoms with Crippen LogP contribution in [0.5, 0.6) is 0 Å². The Hall–Kier alpha value is 0.650. The molecule has 0 aromatic rings. The second kappa shape index (κ2) is 3.35. The quantitative estimate of drug-likeness (QED) is 0.416. The fraction of sp³-hybridized carbons (Fsp3) is 1.00. The van der Waals surface area contributed by atoms with Gasteiger partial charge < -0.3 is 9.47 Å². The van der Waals surface area contributed by atoms with E-state index in [9.17, 15) is 0 Å². The Morgan fingerprint density at radius 2 is 2.00 bits per heavy atom. The smallest absolute Gasteiger partial charge is 0.114 e. The minimum absolute atomic E-state index is 0.0156. The SMILES string of the molecule is CCC12OC(C)(C)CCC1(I)CC[C@@H]1O[C@@H]12. The van der Waals surface area contributed by atoms with Gasteiger partial charge in [0, 0.05) is 0 Å². The van der Waals surface area contributed by atoms with E-state index in [0.29, 0.717) is 15.6 Å². The van der Waals surface area contributed by atoms with E-state index in [-0.39, 0.29) is 11.2 Å². The number of alkyl halides is 1. The van der Waals surface area contributed by atoms with Gasteiger partial charge in [0.15, 0.2) is 0 Å². The molecular formula is C13H21IO2. The Morgan fingerprint density at radius 1 is 1.25 bits per heavy atom. The van der Waals surface area contributed by atoms with Crippen LogP contribution >= 0.6 is 22.6 Å². The first-order valence-corrected chi connectivity index (χ1v) is 7.55. The van der Waals surface area contributed by atoms with Crippen molar-refractivity contribution < 1.29 is 9.47 Å². The first-order valence-electron chi connectivity index (χ1n) is 6.47. The van der Waals surface area contributed by atoms with Crippen molar-refractivity contribution in [3.8, 4) is 0 Å². The first-order chi connectivity index (χ1) is 7.43. The molecular weight excluding hydrogens is 315 g/mol. The van der Waals surface area contributed by atoms with Crippen LogP contribution in [0.25, 0.3) is 0 Å². The van der Waals surface area contributed by atoms with Gasteiger partial charge in [0.25, 0.3) is 0 Å². The number of ether oxygens (including phenoxy) is 2. The monoisotopic (exact) mass is 336 g/mol. The van der Waals surface area contributed by atoms with Gasteiger partial charge >= 0.3 is 0 Å². The molecule has 3 heteroatoms. The van der Waals surface area contributed by atoms with Crippen LogP contribution in [-0.2, 0) is 9.47 Å². The number of hydrogen-bond acceptors (Lipinski definition) is 2. The van der Waals surface area contributed by atoms with Crippen LogP contribution < -0.4 is 0 Å². The minimum atomic E-state index is -0.0156. The van der Waals surface area contributed by atoms with Gasteiger partial charge in [0.2, 0.25) is 0 Å². The molecule has 16 heavy (non-hydrogen) atoms. The van der Waals surface area contributed by atoms with E-state index in [1.165, 1.54) is 25.7 Å². The molecule has 2 nitrogen and oxygen atoms in total. The van der Waals surface area contributed by atoms with E-state index in [2.05, 4.69) is 43.4 Å². The molecule has 0 N–H and O–H groups in total. The topological polar surface area (TPSA) is 21.8 Å². The molecule has 2 saturated heterocycles. The fourth-order valence-corrected chi connectivity index (χ4v) is 5.11. The lowest BCUT2D eigenvalue weighted by molar-refractivity contribution is -0.202. The zero-order chi connectivity index (χ0) is 11.6. The van der Waals surface area contributed by atoms with Crippen molar-refractivity contribution in [2.24, 2.45) is 0 Å². The molecule has 0 radical (unpaired) electrons. The summed E-state index contributed by atoms with van der Waals surface area (Å²) < 4.78 is 12.7. The van der Waals surface area contributed by atoms with Crippen molar-refractivity contribution in [3.63, 3.8) is 0 Å². The predicted molar refractivity (Wildman–Crippen MR) is 72.1 cm³/mol. The standard InChI is InChI=1S/C13H21IO2/c1-4-13-10-9(15-10)5-6-12(13,14)8-7-11(2,3)16-13/h9-10H,4-8H2,1-3H3/t9-,10-,12?,13?/m0/s1. The molecule has 4 atom stereocenters. The molecule has 0 spiro atoms. The third-order valence-electron chi connectivity index (χ3n) is 4.73. The lowest BCUT2D eigenvalue weighted by Crippen LogP contribution is -2.64. The fourth-order valence-electron chi connectivity index (χ4n) is 3.73. The van der Waals surface area contributed by atoms with Gasteiger partial charge in [0.05, 0.1) is 15.1 Å². The van der Waals surface area contributed by atoms with Gasteiger partial charge in [-0.2, -0.15) is 0 Å². The van der Waals surface area contributed by atoms with Crippen molar-refractivity contribution in [1.82, 2.24) is 0 Å². The maximum atomic E-state index is 6.54. The van der Waals surface area contributed by atoms with E-state index in [4.69, 9.17) is 9.47 Å². The highest BCUT2D eigenvalue weighted by atomic mass is 127. The molecule has 1 saturated carbocycles. The Morgan fingerprint density at radius 3 is 2.69 bits per heavy atom. The highest BCUT2D eigenvalue weighted by Crippen LogP contribution is 2.61. The molecule has 0 bridgehead atoms. The summed E-state index contributed by atoms with van der Waals surface area (Å²) >= 11 is 2.67. The van der Waals surface area contributed by atoms with Crippen LogP contribution in [-0.4, -0.2) is 26.8 Å². The number of epoxide rings is 1. The van der Waals surface area contributed by atoms with Gasteiger partial charge in [0.1, 0.15) is 11.7 Å². The maximum Gasteiger partial charge on any atom is 0.114 e. The predicted octanol–water partition coefficient (Wildman–Crippen LogP) is 3.46. The second-order valence-corrected chi connectivity index (χ2v) is 8.27. The third kappa shape index (κ3) is 1.43. The summed E-state index contributed by atoms with van der Waals surface area (Å²) in [6.07, 6.45) is 6.91. The molecule has 3 fully saturated rings. The normalized spacial score (nSPS) is 54.0. The van der Waals surface area contributed by atoms with Crippen LogP contribution in [0.1, 0.15) is 52.9 Å². The first kappa shape index (κ1) is 11.7. The molecule has 0 amide bonds. The van der Waals surface area contributed by atoms with Crippen molar-refractivity contribution in [2.75, 3.05) is 0 Å². The summed E-state index contributed by atoms with van der Waals surface area (Å²) in [6, 6.07) is 0. The highest BCUT2D eigenvalue weighted by Gasteiger charge is 2.69. The lowest BCUT2D eigenvalue weighted by Gasteiger charge is -2.56. The molecule has 2 unspecified atom stereocenters. The van der Waals surface area contributed by atoms with Gasteiger partial charge in [-0.05, 0) is 46.0 Å². The minimum Gasteiger partial charge on any atom is -0.366 e. The Bertz CT molecular complexity index is 317. The van der Waals surface area contributed by atoms with Crippen LogP contribution in [0.15, 0.2) is 0 Å². The number of fused-ring (bicyclic) bond motifs is 3. The zero-order valence-corrected chi connectivity index (χ0v) is 12.5. The van der Waals surface area contributed by atoms with Crippen molar-refractivity contribution in [3.05, 3.63) is 0 Å². The molecule has 3 rings (SSSR count). The van der Waals surface area contributed by atoms with Crippen molar-refractivity contribution in [1.29, 1.82) is 0 Å².